The number of hydrogen-bond donors (Lipinski definition) is 4. The van der Waals surface area contributed by atoms with Crippen LogP contribution in [0.15, 0.2) is 17.1 Å². The maximum Gasteiger partial charge on any atom is 0.261 e. The van der Waals surface area contributed by atoms with Gasteiger partial charge in [0.2, 0.25) is 10.5 Å². The smallest absolute Gasteiger partial charge is 0.261 e. The summed E-state index contributed by atoms with van der Waals surface area (Å²) in [7, 11) is 0. The number of aromatic amines is 1. The second kappa shape index (κ2) is 4.77. The van der Waals surface area contributed by atoms with Crippen LogP contribution in [0.2, 0.25) is 0 Å². The molecule has 0 radical (unpaired) electrons. The van der Waals surface area contributed by atoms with Crippen molar-refractivity contribution < 1.29 is 19.3 Å². The highest BCUT2D eigenvalue weighted by Gasteiger charge is 2.56. The normalized spacial score (nSPS) is 32.9. The van der Waals surface area contributed by atoms with Crippen molar-refractivity contribution in [2.24, 2.45) is 0 Å². The molecule has 3 heterocycles. The second-order valence-corrected chi connectivity index (χ2v) is 5.96. The summed E-state index contributed by atoms with van der Waals surface area (Å²) in [5.41, 5.74) is 5.14. The maximum atomic E-state index is 14.7. The van der Waals surface area contributed by atoms with Crippen LogP contribution in [0, 0.1) is 0 Å². The van der Waals surface area contributed by atoms with Gasteiger partial charge in [-0.25, -0.2) is 4.39 Å². The molecule has 1 aliphatic rings. The van der Waals surface area contributed by atoms with Crippen molar-refractivity contribution in [1.82, 2.24) is 14.5 Å². The molecule has 2 aromatic heterocycles. The molecule has 3 rings (SSSR count). The number of nitrogens with zero attached hydrogens (tertiary/aromatic N) is 2. The van der Waals surface area contributed by atoms with Crippen LogP contribution in [0.5, 0.6) is 0 Å². The van der Waals surface area contributed by atoms with Gasteiger partial charge in [0.25, 0.3) is 5.56 Å². The van der Waals surface area contributed by atoms with Crippen LogP contribution < -0.4 is 11.3 Å². The predicted molar refractivity (Wildman–Crippen MR) is 74.5 cm³/mol. The van der Waals surface area contributed by atoms with E-state index in [-0.39, 0.29) is 17.0 Å². The minimum atomic E-state index is -2.34. The lowest BCUT2D eigenvalue weighted by Gasteiger charge is -2.23. The molecule has 0 aromatic carbocycles. The summed E-state index contributed by atoms with van der Waals surface area (Å²) < 4.78 is 18.9. The highest BCUT2D eigenvalue weighted by Crippen LogP contribution is 2.46. The molecule has 0 aliphatic carbocycles. The predicted octanol–water partition coefficient (Wildman–Crippen LogP) is -0.382. The van der Waals surface area contributed by atoms with E-state index in [9.17, 15) is 14.3 Å². The Bertz CT molecular complexity index is 745. The standard InChI is InChI=1S/C11H12BrFN4O4/c12-11(13)6(19)5(3-18)21-9(11)17-2-1-4-7(17)15-10(14)16-8(4)20/h1-2,5-6,9,18-19H,3H2,(H3,14,15,16,20)/t5-,6?,9-,11?/m1/s1. The number of aliphatic hydroxyl groups is 2. The number of halogens is 2. The van der Waals surface area contributed by atoms with Gasteiger partial charge >= 0.3 is 0 Å². The summed E-state index contributed by atoms with van der Waals surface area (Å²) in [6.45, 7) is -0.551. The van der Waals surface area contributed by atoms with E-state index in [2.05, 4.69) is 25.9 Å². The maximum absolute atomic E-state index is 14.7. The van der Waals surface area contributed by atoms with Gasteiger partial charge in [0.1, 0.15) is 12.2 Å². The quantitative estimate of drug-likeness (QED) is 0.539. The highest BCUT2D eigenvalue weighted by atomic mass is 79.9. The first-order chi connectivity index (χ1) is 9.86. The van der Waals surface area contributed by atoms with Crippen LogP contribution in [-0.2, 0) is 4.74 Å². The number of nitrogens with one attached hydrogen (secondary N) is 1. The Labute approximate surface area is 125 Å². The number of anilines is 1. The van der Waals surface area contributed by atoms with Crippen molar-refractivity contribution in [2.45, 2.75) is 23.0 Å². The number of aromatic nitrogens is 3. The number of nitrogens with two attached hydrogens (primary N) is 1. The van der Waals surface area contributed by atoms with Crippen molar-refractivity contribution in [2.75, 3.05) is 12.3 Å². The average molecular weight is 363 g/mol. The number of ether oxygens (including phenoxy) is 1. The number of hydrogen-bond acceptors (Lipinski definition) is 6. The number of aliphatic hydroxyl groups excluding tert-OH is 2. The molecule has 8 nitrogen and oxygen atoms in total. The highest BCUT2D eigenvalue weighted by molar-refractivity contribution is 9.10. The SMILES string of the molecule is Nc1nc2c(ccn2[C@@H]2O[C@H](CO)C(O)C2(F)Br)c(=O)[nH]1. The van der Waals surface area contributed by atoms with E-state index < -0.39 is 35.2 Å². The molecule has 5 N–H and O–H groups in total. The zero-order chi connectivity index (χ0) is 15.4. The Hall–Kier alpha value is -1.49. The lowest BCUT2D eigenvalue weighted by atomic mass is 10.1. The Balaban J connectivity index is 2.15. The molecule has 0 saturated carbocycles. The third-order valence-electron chi connectivity index (χ3n) is 3.41. The summed E-state index contributed by atoms with van der Waals surface area (Å²) in [6, 6.07) is 1.44. The van der Waals surface area contributed by atoms with Gasteiger partial charge in [0, 0.05) is 6.20 Å². The fraction of sp³-hybridized carbons (Fsp3) is 0.455. The molecular formula is C11H12BrFN4O4. The van der Waals surface area contributed by atoms with Gasteiger partial charge in [-0.3, -0.25) is 9.78 Å². The lowest BCUT2D eigenvalue weighted by molar-refractivity contribution is -0.0470. The van der Waals surface area contributed by atoms with Crippen LogP contribution >= 0.6 is 15.9 Å². The van der Waals surface area contributed by atoms with Crippen molar-refractivity contribution in [3.05, 3.63) is 22.6 Å². The summed E-state index contributed by atoms with van der Waals surface area (Å²) in [5.74, 6) is -0.122. The van der Waals surface area contributed by atoms with Gasteiger partial charge in [-0.15, -0.1) is 0 Å². The molecule has 4 atom stereocenters. The number of rotatable bonds is 2. The summed E-state index contributed by atoms with van der Waals surface area (Å²) >= 11 is 2.78. The zero-order valence-corrected chi connectivity index (χ0v) is 12.1. The van der Waals surface area contributed by atoms with Crippen molar-refractivity contribution >= 4 is 32.9 Å². The van der Waals surface area contributed by atoms with E-state index in [4.69, 9.17) is 15.6 Å². The molecule has 0 bridgehead atoms. The van der Waals surface area contributed by atoms with E-state index in [1.165, 1.54) is 16.8 Å². The minimum absolute atomic E-state index is 0.119. The first-order valence-electron chi connectivity index (χ1n) is 6.04. The topological polar surface area (TPSA) is 126 Å². The summed E-state index contributed by atoms with van der Waals surface area (Å²) in [6.07, 6.45) is -2.59. The van der Waals surface area contributed by atoms with Crippen LogP contribution in [0.1, 0.15) is 6.23 Å². The third kappa shape index (κ3) is 2.06. The first-order valence-corrected chi connectivity index (χ1v) is 6.84. The van der Waals surface area contributed by atoms with E-state index in [1.807, 2.05) is 0 Å². The van der Waals surface area contributed by atoms with E-state index in [0.717, 1.165) is 0 Å². The number of fused-ring (bicyclic) bond motifs is 1. The van der Waals surface area contributed by atoms with Crippen LogP contribution in [-0.4, -0.2) is 48.1 Å². The first kappa shape index (κ1) is 14.4. The second-order valence-electron chi connectivity index (χ2n) is 4.74. The molecule has 1 fully saturated rings. The third-order valence-corrected chi connectivity index (χ3v) is 4.27. The minimum Gasteiger partial charge on any atom is -0.394 e. The summed E-state index contributed by atoms with van der Waals surface area (Å²) in [4.78, 5) is 18.0. The van der Waals surface area contributed by atoms with Crippen LogP contribution in [0.3, 0.4) is 0 Å². The van der Waals surface area contributed by atoms with Gasteiger partial charge in [0.05, 0.1) is 12.0 Å². The monoisotopic (exact) mass is 362 g/mol. The molecule has 21 heavy (non-hydrogen) atoms. The van der Waals surface area contributed by atoms with Gasteiger partial charge in [-0.05, 0) is 22.0 Å². The van der Waals surface area contributed by atoms with Crippen molar-refractivity contribution in [1.29, 1.82) is 0 Å². The lowest BCUT2D eigenvalue weighted by Crippen LogP contribution is -2.37. The molecule has 10 heteroatoms. The molecule has 2 unspecified atom stereocenters. The average Bonchev–Trinajstić information content (AvgIpc) is 2.91. The fourth-order valence-electron chi connectivity index (χ4n) is 2.37. The van der Waals surface area contributed by atoms with Gasteiger partial charge in [0.15, 0.2) is 11.9 Å². The Kier molecular flexibility index (Phi) is 3.28. The molecular weight excluding hydrogens is 351 g/mol. The van der Waals surface area contributed by atoms with Crippen LogP contribution in [0.4, 0.5) is 10.3 Å². The van der Waals surface area contributed by atoms with E-state index in [0.29, 0.717) is 0 Å². The Morgan fingerprint density at radius 2 is 2.38 bits per heavy atom. The molecule has 1 aliphatic heterocycles. The Morgan fingerprint density at radius 3 is 3.00 bits per heavy atom. The van der Waals surface area contributed by atoms with Gasteiger partial charge in [-0.1, -0.05) is 0 Å². The van der Waals surface area contributed by atoms with Gasteiger partial charge < -0.3 is 25.3 Å². The van der Waals surface area contributed by atoms with Gasteiger partial charge in [-0.2, -0.15) is 4.98 Å². The van der Waals surface area contributed by atoms with E-state index in [1.54, 1.807) is 0 Å². The molecule has 2 aromatic rings. The fourth-order valence-corrected chi connectivity index (χ4v) is 2.99. The molecule has 1 saturated heterocycles. The molecule has 0 spiro atoms. The van der Waals surface area contributed by atoms with Crippen molar-refractivity contribution in [3.8, 4) is 0 Å². The molecule has 0 amide bonds. The Morgan fingerprint density at radius 1 is 1.67 bits per heavy atom. The summed E-state index contributed by atoms with van der Waals surface area (Å²) in [5, 5.41) is 19.2. The number of nitrogen functional groups attached to an aromatic ring is 1. The number of alkyl halides is 2. The van der Waals surface area contributed by atoms with E-state index >= 15 is 0 Å². The molecule has 114 valence electrons. The van der Waals surface area contributed by atoms with Crippen LogP contribution in [0.25, 0.3) is 11.0 Å². The zero-order valence-electron chi connectivity index (χ0n) is 10.5. The number of H-pyrrole nitrogens is 1. The largest absolute Gasteiger partial charge is 0.394 e. The van der Waals surface area contributed by atoms with Crippen molar-refractivity contribution in [3.63, 3.8) is 0 Å².